The molecule has 0 heterocycles. The number of rotatable bonds is 12. The lowest BCUT2D eigenvalue weighted by molar-refractivity contribution is -0.142. The predicted octanol–water partition coefficient (Wildman–Crippen LogP) is -3.76. The van der Waals surface area contributed by atoms with Gasteiger partial charge in [-0.25, -0.2) is 4.79 Å². The molecule has 0 aromatic rings. The van der Waals surface area contributed by atoms with E-state index in [1.165, 1.54) is 0 Å². The Kier molecular flexibility index (Phi) is 11.1. The standard InChI is InChI=1S/C13H25N5O6/c14-4-2-1-3-8(15)12(22)17-5-10(20)16-6-11(21)18-9(7-19)13(23)24/h8-9,19H,1-7,14-15H2,(H,16,20)(H,17,22)(H,18,21)(H,23,24)/t8-,9-/m0/s1. The SMILES string of the molecule is NCCCC[C@H](N)C(=O)NCC(=O)NCC(=O)N[C@@H](CO)C(=O)O. The first kappa shape index (κ1) is 21.8. The molecule has 0 unspecified atom stereocenters. The van der Waals surface area contributed by atoms with Crippen molar-refractivity contribution in [3.63, 3.8) is 0 Å². The van der Waals surface area contributed by atoms with E-state index in [-0.39, 0.29) is 6.54 Å². The molecule has 0 aromatic carbocycles. The molecule has 11 nitrogen and oxygen atoms in total. The summed E-state index contributed by atoms with van der Waals surface area (Å²) in [5, 5.41) is 23.9. The van der Waals surface area contributed by atoms with Gasteiger partial charge >= 0.3 is 5.97 Å². The molecule has 0 radical (unpaired) electrons. The number of aliphatic carboxylic acids is 1. The minimum Gasteiger partial charge on any atom is -0.480 e. The molecule has 2 atom stereocenters. The van der Waals surface area contributed by atoms with Gasteiger partial charge in [-0.15, -0.1) is 0 Å². The first-order chi connectivity index (χ1) is 11.3. The third kappa shape index (κ3) is 9.71. The zero-order valence-corrected chi connectivity index (χ0v) is 13.3. The van der Waals surface area contributed by atoms with Gasteiger partial charge in [0.05, 0.1) is 25.7 Å². The third-order valence-corrected chi connectivity index (χ3v) is 2.99. The van der Waals surface area contributed by atoms with E-state index >= 15 is 0 Å². The van der Waals surface area contributed by atoms with Crippen LogP contribution in [0, 0.1) is 0 Å². The fraction of sp³-hybridized carbons (Fsp3) is 0.692. The molecule has 3 amide bonds. The Morgan fingerprint density at radius 1 is 1.00 bits per heavy atom. The van der Waals surface area contributed by atoms with E-state index in [1.807, 2.05) is 5.32 Å². The average Bonchev–Trinajstić information content (AvgIpc) is 2.55. The molecule has 0 aromatic heterocycles. The Bertz CT molecular complexity index is 445. The quantitative estimate of drug-likeness (QED) is 0.175. The third-order valence-electron chi connectivity index (χ3n) is 2.99. The number of nitrogens with two attached hydrogens (primary N) is 2. The maximum Gasteiger partial charge on any atom is 0.328 e. The number of hydrogen-bond acceptors (Lipinski definition) is 7. The van der Waals surface area contributed by atoms with Crippen LogP contribution in [0.2, 0.25) is 0 Å². The van der Waals surface area contributed by atoms with E-state index in [4.69, 9.17) is 21.7 Å². The highest BCUT2D eigenvalue weighted by Gasteiger charge is 2.19. The van der Waals surface area contributed by atoms with Crippen LogP contribution in [0.1, 0.15) is 19.3 Å². The highest BCUT2D eigenvalue weighted by Crippen LogP contribution is 1.97. The molecular formula is C13H25N5O6. The molecule has 0 saturated carbocycles. The van der Waals surface area contributed by atoms with E-state index in [1.54, 1.807) is 0 Å². The van der Waals surface area contributed by atoms with E-state index in [9.17, 15) is 19.2 Å². The van der Waals surface area contributed by atoms with Crippen LogP contribution in [-0.2, 0) is 19.2 Å². The second-order valence-electron chi connectivity index (χ2n) is 5.03. The van der Waals surface area contributed by atoms with Crippen LogP contribution in [0.15, 0.2) is 0 Å². The van der Waals surface area contributed by atoms with Crippen LogP contribution in [0.25, 0.3) is 0 Å². The summed E-state index contributed by atoms with van der Waals surface area (Å²) in [7, 11) is 0. The molecule has 11 heteroatoms. The Morgan fingerprint density at radius 3 is 2.17 bits per heavy atom. The number of amides is 3. The van der Waals surface area contributed by atoms with Crippen molar-refractivity contribution in [3.05, 3.63) is 0 Å². The van der Waals surface area contributed by atoms with E-state index in [0.717, 1.165) is 6.42 Å². The topological polar surface area (TPSA) is 197 Å². The van der Waals surface area contributed by atoms with Crippen LogP contribution >= 0.6 is 0 Å². The predicted molar refractivity (Wildman–Crippen MR) is 83.6 cm³/mol. The molecule has 138 valence electrons. The smallest absolute Gasteiger partial charge is 0.328 e. The van der Waals surface area contributed by atoms with Crippen LogP contribution < -0.4 is 27.4 Å². The lowest BCUT2D eigenvalue weighted by Gasteiger charge is -2.13. The Hall–Kier alpha value is -2.24. The van der Waals surface area contributed by atoms with Gasteiger partial charge in [0.25, 0.3) is 0 Å². The molecule has 0 aliphatic rings. The highest BCUT2D eigenvalue weighted by atomic mass is 16.4. The molecule has 24 heavy (non-hydrogen) atoms. The number of aliphatic hydroxyl groups is 1. The fourth-order valence-corrected chi connectivity index (χ4v) is 1.61. The molecule has 0 fully saturated rings. The van der Waals surface area contributed by atoms with Gasteiger partial charge in [-0.2, -0.15) is 0 Å². The summed E-state index contributed by atoms with van der Waals surface area (Å²) in [5.41, 5.74) is 11.0. The molecule has 0 bridgehead atoms. The van der Waals surface area contributed by atoms with Crippen molar-refractivity contribution in [1.29, 1.82) is 0 Å². The van der Waals surface area contributed by atoms with Crippen molar-refractivity contribution in [3.8, 4) is 0 Å². The summed E-state index contributed by atoms with van der Waals surface area (Å²) in [6.45, 7) is -1.11. The van der Waals surface area contributed by atoms with Gasteiger partial charge in [0.1, 0.15) is 6.04 Å². The molecule has 0 rings (SSSR count). The number of unbranched alkanes of at least 4 members (excludes halogenated alkanes) is 1. The minimum absolute atomic E-state index is 0.362. The zero-order valence-electron chi connectivity index (χ0n) is 13.3. The summed E-state index contributed by atoms with van der Waals surface area (Å²) in [5.74, 6) is -3.30. The summed E-state index contributed by atoms with van der Waals surface area (Å²) in [4.78, 5) is 45.1. The van der Waals surface area contributed by atoms with E-state index in [0.29, 0.717) is 19.4 Å². The second kappa shape index (κ2) is 12.2. The summed E-state index contributed by atoms with van der Waals surface area (Å²) in [6, 6.07) is -2.19. The zero-order chi connectivity index (χ0) is 18.5. The Morgan fingerprint density at radius 2 is 1.62 bits per heavy atom. The van der Waals surface area contributed by atoms with Crippen LogP contribution in [0.3, 0.4) is 0 Å². The van der Waals surface area contributed by atoms with Crippen molar-refractivity contribution in [2.45, 2.75) is 31.3 Å². The van der Waals surface area contributed by atoms with Crippen molar-refractivity contribution in [2.24, 2.45) is 11.5 Å². The average molecular weight is 347 g/mol. The van der Waals surface area contributed by atoms with Crippen LogP contribution in [0.4, 0.5) is 0 Å². The largest absolute Gasteiger partial charge is 0.480 e. The fourth-order valence-electron chi connectivity index (χ4n) is 1.61. The number of aliphatic hydroxyl groups excluding tert-OH is 1. The first-order valence-electron chi connectivity index (χ1n) is 7.44. The number of carboxylic acids is 1. The molecular weight excluding hydrogens is 322 g/mol. The number of carbonyl (C=O) groups excluding carboxylic acids is 3. The monoisotopic (exact) mass is 347 g/mol. The van der Waals surface area contributed by atoms with Gasteiger partial charge in [-0.3, -0.25) is 14.4 Å². The van der Waals surface area contributed by atoms with Crippen LogP contribution in [0.5, 0.6) is 0 Å². The number of hydrogen-bond donors (Lipinski definition) is 7. The van der Waals surface area contributed by atoms with Crippen molar-refractivity contribution in [1.82, 2.24) is 16.0 Å². The van der Waals surface area contributed by atoms with Gasteiger partial charge in [-0.1, -0.05) is 6.42 Å². The lowest BCUT2D eigenvalue weighted by Crippen LogP contribution is -2.49. The second-order valence-corrected chi connectivity index (χ2v) is 5.03. The van der Waals surface area contributed by atoms with Gasteiger partial charge in [0.15, 0.2) is 0 Å². The number of carbonyl (C=O) groups is 4. The summed E-state index contributed by atoms with van der Waals surface area (Å²) < 4.78 is 0. The van der Waals surface area contributed by atoms with Gasteiger partial charge in [0.2, 0.25) is 17.7 Å². The summed E-state index contributed by atoms with van der Waals surface area (Å²) >= 11 is 0. The first-order valence-corrected chi connectivity index (χ1v) is 7.44. The molecule has 0 aliphatic carbocycles. The maximum atomic E-state index is 11.6. The lowest BCUT2D eigenvalue weighted by atomic mass is 10.1. The minimum atomic E-state index is -1.44. The van der Waals surface area contributed by atoms with Gasteiger partial charge in [0, 0.05) is 0 Å². The Labute approximate surface area is 139 Å². The van der Waals surface area contributed by atoms with Crippen LogP contribution in [-0.4, -0.2) is 72.2 Å². The summed E-state index contributed by atoms with van der Waals surface area (Å²) in [6.07, 6.45) is 1.90. The van der Waals surface area contributed by atoms with E-state index in [2.05, 4.69) is 10.6 Å². The number of nitrogens with one attached hydrogen (secondary N) is 3. The van der Waals surface area contributed by atoms with Crippen molar-refractivity contribution < 1.29 is 29.4 Å². The van der Waals surface area contributed by atoms with E-state index < -0.39 is 48.9 Å². The van der Waals surface area contributed by atoms with Crippen molar-refractivity contribution in [2.75, 3.05) is 26.2 Å². The maximum absolute atomic E-state index is 11.6. The highest BCUT2D eigenvalue weighted by molar-refractivity contribution is 5.90. The molecule has 0 saturated heterocycles. The molecule has 0 spiro atoms. The normalized spacial score (nSPS) is 12.8. The number of carboxylic acid groups (broad SMARTS) is 1. The molecule has 9 N–H and O–H groups in total. The Balaban J connectivity index is 3.99. The molecule has 0 aliphatic heterocycles. The van der Waals surface area contributed by atoms with Gasteiger partial charge < -0.3 is 37.6 Å². The van der Waals surface area contributed by atoms with Crippen molar-refractivity contribution >= 4 is 23.7 Å². The van der Waals surface area contributed by atoms with Gasteiger partial charge in [-0.05, 0) is 19.4 Å².